The Kier molecular flexibility index (Phi) is 3.69. The molecule has 1 aromatic heterocycles. The molecule has 66 valence electrons. The number of methoxy groups -OCH3 is 1. The van der Waals surface area contributed by atoms with E-state index in [1.54, 1.807) is 17.5 Å². The predicted molar refractivity (Wildman–Crippen MR) is 45.8 cm³/mol. The van der Waals surface area contributed by atoms with Crippen molar-refractivity contribution < 1.29 is 9.53 Å². The van der Waals surface area contributed by atoms with Gasteiger partial charge in [0.05, 0.1) is 13.7 Å². The minimum atomic E-state index is -0.258. The smallest absolute Gasteiger partial charge is 0.319 e. The number of nitrogens with one attached hydrogen (secondary N) is 1. The van der Waals surface area contributed by atoms with Gasteiger partial charge in [-0.15, -0.1) is 11.3 Å². The van der Waals surface area contributed by atoms with Gasteiger partial charge in [0, 0.05) is 18.1 Å². The topological polar surface area (TPSA) is 51.2 Å². The number of rotatable bonds is 4. The van der Waals surface area contributed by atoms with Gasteiger partial charge in [0.1, 0.15) is 5.01 Å². The van der Waals surface area contributed by atoms with Crippen LogP contribution in [0.4, 0.5) is 0 Å². The summed E-state index contributed by atoms with van der Waals surface area (Å²) in [5, 5.41) is 5.78. The molecule has 5 heteroatoms. The number of esters is 1. The monoisotopic (exact) mass is 186 g/mol. The molecule has 0 atom stereocenters. The fourth-order valence-electron chi connectivity index (χ4n) is 0.684. The number of nitrogens with zero attached hydrogens (tertiary/aromatic N) is 1. The molecule has 0 saturated carbocycles. The minimum Gasteiger partial charge on any atom is -0.468 e. The summed E-state index contributed by atoms with van der Waals surface area (Å²) in [6.45, 7) is 0.850. The molecule has 0 spiro atoms. The highest BCUT2D eigenvalue weighted by atomic mass is 32.1. The summed E-state index contributed by atoms with van der Waals surface area (Å²) < 4.78 is 4.45. The lowest BCUT2D eigenvalue weighted by atomic mass is 10.6. The van der Waals surface area contributed by atoms with Crippen LogP contribution in [0.1, 0.15) is 5.01 Å². The third kappa shape index (κ3) is 2.98. The number of aromatic nitrogens is 1. The Morgan fingerprint density at radius 2 is 2.67 bits per heavy atom. The largest absolute Gasteiger partial charge is 0.468 e. The third-order valence-corrected chi connectivity index (χ3v) is 2.04. The lowest BCUT2D eigenvalue weighted by Gasteiger charge is -1.99. The summed E-state index contributed by atoms with van der Waals surface area (Å²) >= 11 is 1.56. The van der Waals surface area contributed by atoms with Gasteiger partial charge in [-0.05, 0) is 0 Å². The molecule has 0 aliphatic heterocycles. The maximum Gasteiger partial charge on any atom is 0.319 e. The fraction of sp³-hybridized carbons (Fsp3) is 0.429. The maximum atomic E-state index is 10.6. The first-order chi connectivity index (χ1) is 5.83. The van der Waals surface area contributed by atoms with Crippen LogP contribution in [0.15, 0.2) is 11.6 Å². The highest BCUT2D eigenvalue weighted by Crippen LogP contribution is 2.01. The van der Waals surface area contributed by atoms with Gasteiger partial charge in [0.2, 0.25) is 0 Å². The number of thiazole rings is 1. The number of carbonyl (C=O) groups is 1. The second-order valence-electron chi connectivity index (χ2n) is 2.11. The standard InChI is InChI=1S/C7H10N2O2S/c1-11-7(10)5-8-4-6-9-2-3-12-6/h2-3,8H,4-5H2,1H3. The molecule has 0 aliphatic carbocycles. The molecule has 0 aromatic carbocycles. The lowest BCUT2D eigenvalue weighted by Crippen LogP contribution is -2.23. The molecule has 1 rings (SSSR count). The summed E-state index contributed by atoms with van der Waals surface area (Å²) in [6, 6.07) is 0. The molecule has 0 radical (unpaired) electrons. The zero-order chi connectivity index (χ0) is 8.81. The number of hydrogen-bond acceptors (Lipinski definition) is 5. The van der Waals surface area contributed by atoms with Crippen LogP contribution >= 0.6 is 11.3 Å². The van der Waals surface area contributed by atoms with Crippen LogP contribution < -0.4 is 5.32 Å². The van der Waals surface area contributed by atoms with E-state index in [0.29, 0.717) is 6.54 Å². The van der Waals surface area contributed by atoms with E-state index in [1.807, 2.05) is 5.38 Å². The van der Waals surface area contributed by atoms with Gasteiger partial charge in [-0.1, -0.05) is 0 Å². The molecular formula is C7H10N2O2S. The van der Waals surface area contributed by atoms with Crippen LogP contribution in [0.3, 0.4) is 0 Å². The van der Waals surface area contributed by atoms with Crippen LogP contribution in [0.25, 0.3) is 0 Å². The van der Waals surface area contributed by atoms with Gasteiger partial charge >= 0.3 is 5.97 Å². The normalized spacial score (nSPS) is 9.75. The van der Waals surface area contributed by atoms with E-state index in [-0.39, 0.29) is 12.5 Å². The van der Waals surface area contributed by atoms with Crippen LogP contribution in [0, 0.1) is 0 Å². The van der Waals surface area contributed by atoms with Crippen molar-refractivity contribution in [3.63, 3.8) is 0 Å². The van der Waals surface area contributed by atoms with Gasteiger partial charge < -0.3 is 10.1 Å². The van der Waals surface area contributed by atoms with E-state index in [2.05, 4.69) is 15.0 Å². The van der Waals surface area contributed by atoms with Crippen LogP contribution in [0.2, 0.25) is 0 Å². The molecule has 1 N–H and O–H groups in total. The summed E-state index contributed by atoms with van der Waals surface area (Å²) in [7, 11) is 1.37. The summed E-state index contributed by atoms with van der Waals surface area (Å²) in [6.07, 6.45) is 1.74. The van der Waals surface area contributed by atoms with Gasteiger partial charge in [0.15, 0.2) is 0 Å². The average molecular weight is 186 g/mol. The lowest BCUT2D eigenvalue weighted by molar-refractivity contribution is -0.139. The molecule has 0 aliphatic rings. The van der Waals surface area contributed by atoms with Crippen molar-refractivity contribution in [3.05, 3.63) is 16.6 Å². The van der Waals surface area contributed by atoms with Crippen molar-refractivity contribution in [1.29, 1.82) is 0 Å². The first kappa shape index (κ1) is 9.15. The second kappa shape index (κ2) is 4.84. The van der Waals surface area contributed by atoms with Gasteiger partial charge in [-0.3, -0.25) is 4.79 Å². The molecule has 1 aromatic rings. The Labute approximate surface area is 74.6 Å². The first-order valence-electron chi connectivity index (χ1n) is 3.49. The van der Waals surface area contributed by atoms with E-state index in [9.17, 15) is 4.79 Å². The van der Waals surface area contributed by atoms with E-state index < -0.39 is 0 Å². The highest BCUT2D eigenvalue weighted by molar-refractivity contribution is 7.09. The molecule has 12 heavy (non-hydrogen) atoms. The van der Waals surface area contributed by atoms with Crippen molar-refractivity contribution in [3.8, 4) is 0 Å². The van der Waals surface area contributed by atoms with Gasteiger partial charge in [0.25, 0.3) is 0 Å². The molecule has 0 bridgehead atoms. The number of carbonyl (C=O) groups excluding carboxylic acids is 1. The third-order valence-electron chi connectivity index (χ3n) is 1.26. The summed E-state index contributed by atoms with van der Waals surface area (Å²) in [4.78, 5) is 14.7. The summed E-state index contributed by atoms with van der Waals surface area (Å²) in [5.41, 5.74) is 0. The van der Waals surface area contributed by atoms with Gasteiger partial charge in [-0.2, -0.15) is 0 Å². The average Bonchev–Trinajstić information content (AvgIpc) is 2.57. The van der Waals surface area contributed by atoms with E-state index >= 15 is 0 Å². The van der Waals surface area contributed by atoms with Crippen molar-refractivity contribution in [2.45, 2.75) is 6.54 Å². The predicted octanol–water partition coefficient (Wildman–Crippen LogP) is 0.406. The molecule has 0 saturated heterocycles. The quantitative estimate of drug-likeness (QED) is 0.692. The molecule has 4 nitrogen and oxygen atoms in total. The van der Waals surface area contributed by atoms with E-state index in [4.69, 9.17) is 0 Å². The molecule has 0 unspecified atom stereocenters. The Morgan fingerprint density at radius 3 is 3.25 bits per heavy atom. The Morgan fingerprint density at radius 1 is 1.83 bits per heavy atom. The van der Waals surface area contributed by atoms with Crippen LogP contribution in [-0.4, -0.2) is 24.6 Å². The molecular weight excluding hydrogens is 176 g/mol. The zero-order valence-corrected chi connectivity index (χ0v) is 7.56. The van der Waals surface area contributed by atoms with Crippen LogP contribution in [0.5, 0.6) is 0 Å². The van der Waals surface area contributed by atoms with Crippen LogP contribution in [-0.2, 0) is 16.1 Å². The second-order valence-corrected chi connectivity index (χ2v) is 3.08. The Hall–Kier alpha value is -0.940. The SMILES string of the molecule is COC(=O)CNCc1nccs1. The highest BCUT2D eigenvalue weighted by Gasteiger charge is 1.99. The van der Waals surface area contributed by atoms with Crippen molar-refractivity contribution in [1.82, 2.24) is 10.3 Å². The van der Waals surface area contributed by atoms with Crippen molar-refractivity contribution >= 4 is 17.3 Å². The first-order valence-corrected chi connectivity index (χ1v) is 4.37. The van der Waals surface area contributed by atoms with Gasteiger partial charge in [-0.25, -0.2) is 4.98 Å². The number of hydrogen-bond donors (Lipinski definition) is 1. The minimum absolute atomic E-state index is 0.232. The number of ether oxygens (including phenoxy) is 1. The maximum absolute atomic E-state index is 10.6. The molecule has 0 fully saturated rings. The van der Waals surface area contributed by atoms with Crippen molar-refractivity contribution in [2.75, 3.05) is 13.7 Å². The van der Waals surface area contributed by atoms with E-state index in [0.717, 1.165) is 5.01 Å². The molecule has 1 heterocycles. The molecule has 0 amide bonds. The van der Waals surface area contributed by atoms with Crippen molar-refractivity contribution in [2.24, 2.45) is 0 Å². The zero-order valence-electron chi connectivity index (χ0n) is 6.74. The summed E-state index contributed by atoms with van der Waals surface area (Å²) in [5.74, 6) is -0.258. The van der Waals surface area contributed by atoms with E-state index in [1.165, 1.54) is 7.11 Å². The fourth-order valence-corrected chi connectivity index (χ4v) is 1.27. The Bertz CT molecular complexity index is 236. The Balaban J connectivity index is 2.15.